The van der Waals surface area contributed by atoms with E-state index in [0.29, 0.717) is 25.3 Å². The summed E-state index contributed by atoms with van der Waals surface area (Å²) in [5.74, 6) is -0.0469. The number of hydrogen-bond acceptors (Lipinski definition) is 3. The van der Waals surface area contributed by atoms with Crippen molar-refractivity contribution in [1.29, 1.82) is 0 Å². The van der Waals surface area contributed by atoms with Crippen molar-refractivity contribution in [3.63, 3.8) is 0 Å². The molecule has 1 unspecified atom stereocenters. The molecule has 1 N–H and O–H groups in total. The van der Waals surface area contributed by atoms with E-state index in [0.717, 1.165) is 5.69 Å². The van der Waals surface area contributed by atoms with Crippen molar-refractivity contribution in [2.45, 2.75) is 26.8 Å². The van der Waals surface area contributed by atoms with Crippen LogP contribution in [0.3, 0.4) is 0 Å². The van der Waals surface area contributed by atoms with Gasteiger partial charge in [0.1, 0.15) is 0 Å². The summed E-state index contributed by atoms with van der Waals surface area (Å²) in [4.78, 5) is 40.4. The molecule has 0 aliphatic carbocycles. The van der Waals surface area contributed by atoms with Crippen LogP contribution in [0.15, 0.2) is 24.3 Å². The van der Waals surface area contributed by atoms with E-state index in [1.807, 2.05) is 13.0 Å². The van der Waals surface area contributed by atoms with Crippen LogP contribution in [0.2, 0.25) is 0 Å². The van der Waals surface area contributed by atoms with Gasteiger partial charge in [-0.15, -0.1) is 0 Å². The smallest absolute Gasteiger partial charge is 0.322 e. The van der Waals surface area contributed by atoms with Crippen LogP contribution >= 0.6 is 0 Å². The molecule has 1 aliphatic heterocycles. The van der Waals surface area contributed by atoms with Crippen molar-refractivity contribution in [3.05, 3.63) is 24.3 Å². The summed E-state index contributed by atoms with van der Waals surface area (Å²) in [6.45, 7) is 6.53. The molecule has 130 valence electrons. The van der Waals surface area contributed by atoms with Crippen molar-refractivity contribution >= 4 is 29.2 Å². The minimum Gasteiger partial charge on any atom is -0.339 e. The molecule has 1 saturated heterocycles. The first-order chi connectivity index (χ1) is 11.3. The van der Waals surface area contributed by atoms with Gasteiger partial charge in [0, 0.05) is 57.9 Å². The fourth-order valence-corrected chi connectivity index (χ4v) is 2.71. The number of urea groups is 1. The van der Waals surface area contributed by atoms with Gasteiger partial charge in [0.05, 0.1) is 0 Å². The molecule has 1 aromatic rings. The van der Waals surface area contributed by atoms with E-state index in [2.05, 4.69) is 5.32 Å². The van der Waals surface area contributed by atoms with Crippen molar-refractivity contribution in [3.8, 4) is 0 Å². The first-order valence-electron chi connectivity index (χ1n) is 7.97. The number of benzene rings is 1. The maximum Gasteiger partial charge on any atom is 0.322 e. The van der Waals surface area contributed by atoms with Crippen molar-refractivity contribution in [2.24, 2.45) is 0 Å². The lowest BCUT2D eigenvalue weighted by Gasteiger charge is -2.39. The van der Waals surface area contributed by atoms with E-state index < -0.39 is 0 Å². The lowest BCUT2D eigenvalue weighted by molar-refractivity contribution is -0.131. The number of carbonyl (C=O) groups is 3. The Morgan fingerprint density at radius 2 is 1.92 bits per heavy atom. The van der Waals surface area contributed by atoms with Crippen LogP contribution in [0, 0.1) is 0 Å². The number of anilines is 2. The van der Waals surface area contributed by atoms with Gasteiger partial charge in [0.2, 0.25) is 11.8 Å². The number of amides is 4. The van der Waals surface area contributed by atoms with Crippen LogP contribution in [0.5, 0.6) is 0 Å². The van der Waals surface area contributed by atoms with Crippen molar-refractivity contribution < 1.29 is 14.4 Å². The Hall–Kier alpha value is -2.57. The Balaban J connectivity index is 2.04. The number of rotatable bonds is 2. The molecule has 0 aromatic heterocycles. The van der Waals surface area contributed by atoms with Crippen molar-refractivity contribution in [2.75, 3.05) is 36.9 Å². The zero-order chi connectivity index (χ0) is 17.9. The highest BCUT2D eigenvalue weighted by Gasteiger charge is 2.28. The number of nitrogens with zero attached hydrogens (tertiary/aromatic N) is 3. The Morgan fingerprint density at radius 1 is 1.21 bits per heavy atom. The molecule has 1 aliphatic rings. The lowest BCUT2D eigenvalue weighted by atomic mass is 10.2. The van der Waals surface area contributed by atoms with Gasteiger partial charge >= 0.3 is 6.03 Å². The van der Waals surface area contributed by atoms with Crippen LogP contribution in [0.25, 0.3) is 0 Å². The third kappa shape index (κ3) is 4.04. The molecule has 0 spiro atoms. The summed E-state index contributed by atoms with van der Waals surface area (Å²) in [5.41, 5.74) is 1.35. The van der Waals surface area contributed by atoms with Gasteiger partial charge in [0.15, 0.2) is 0 Å². The van der Waals surface area contributed by atoms with E-state index in [4.69, 9.17) is 0 Å². The molecule has 1 atom stereocenters. The largest absolute Gasteiger partial charge is 0.339 e. The number of hydrogen-bond donors (Lipinski definition) is 1. The highest BCUT2D eigenvalue weighted by molar-refractivity contribution is 5.93. The number of nitrogens with one attached hydrogen (secondary N) is 1. The molecular formula is C17H24N4O3. The lowest BCUT2D eigenvalue weighted by Crippen LogP contribution is -2.56. The molecule has 7 nitrogen and oxygen atoms in total. The summed E-state index contributed by atoms with van der Waals surface area (Å²) >= 11 is 0. The monoisotopic (exact) mass is 332 g/mol. The Kier molecular flexibility index (Phi) is 5.43. The molecule has 1 aromatic carbocycles. The van der Waals surface area contributed by atoms with E-state index in [1.165, 1.54) is 11.8 Å². The summed E-state index contributed by atoms with van der Waals surface area (Å²) in [7, 11) is 1.69. The van der Waals surface area contributed by atoms with Gasteiger partial charge in [-0.3, -0.25) is 9.59 Å². The maximum atomic E-state index is 12.5. The van der Waals surface area contributed by atoms with Gasteiger partial charge in [-0.1, -0.05) is 6.07 Å². The van der Waals surface area contributed by atoms with Gasteiger partial charge in [-0.05, 0) is 25.1 Å². The van der Waals surface area contributed by atoms with Crippen LogP contribution in [0.4, 0.5) is 16.2 Å². The fourth-order valence-electron chi connectivity index (χ4n) is 2.71. The van der Waals surface area contributed by atoms with Gasteiger partial charge in [-0.25, -0.2) is 4.79 Å². The first kappa shape index (κ1) is 17.8. The standard InChI is InChI=1S/C17H24N4O3/c1-12-11-20(14(3)23)8-9-21(12)17(24)18-15-6-5-7-16(10-15)19(4)13(2)22/h5-7,10,12H,8-9,11H2,1-4H3,(H,18,24). The molecule has 7 heteroatoms. The highest BCUT2D eigenvalue weighted by Crippen LogP contribution is 2.20. The Labute approximate surface area is 142 Å². The zero-order valence-corrected chi connectivity index (χ0v) is 14.6. The van der Waals surface area contributed by atoms with E-state index >= 15 is 0 Å². The fraction of sp³-hybridized carbons (Fsp3) is 0.471. The molecule has 24 heavy (non-hydrogen) atoms. The quantitative estimate of drug-likeness (QED) is 0.897. The molecule has 1 heterocycles. The molecule has 2 rings (SSSR count). The average Bonchev–Trinajstić information content (AvgIpc) is 2.53. The van der Waals surface area contributed by atoms with Gasteiger partial charge < -0.3 is 20.0 Å². The van der Waals surface area contributed by atoms with Crippen molar-refractivity contribution in [1.82, 2.24) is 9.80 Å². The van der Waals surface area contributed by atoms with Gasteiger partial charge in [0.25, 0.3) is 0 Å². The summed E-state index contributed by atoms with van der Waals surface area (Å²) in [6, 6.07) is 6.90. The summed E-state index contributed by atoms with van der Waals surface area (Å²) in [5, 5.41) is 2.87. The topological polar surface area (TPSA) is 73.0 Å². The summed E-state index contributed by atoms with van der Waals surface area (Å²) < 4.78 is 0. The second kappa shape index (κ2) is 7.33. The minimum absolute atomic E-state index is 0.0295. The Morgan fingerprint density at radius 3 is 2.50 bits per heavy atom. The highest BCUT2D eigenvalue weighted by atomic mass is 16.2. The van der Waals surface area contributed by atoms with Crippen LogP contribution in [0.1, 0.15) is 20.8 Å². The molecule has 4 amide bonds. The number of piperazine rings is 1. The second-order valence-corrected chi connectivity index (χ2v) is 6.07. The Bertz CT molecular complexity index is 646. The molecule has 1 fully saturated rings. The second-order valence-electron chi connectivity index (χ2n) is 6.07. The maximum absolute atomic E-state index is 12.5. The molecule has 0 radical (unpaired) electrons. The van der Waals surface area contributed by atoms with Gasteiger partial charge in [-0.2, -0.15) is 0 Å². The number of carbonyl (C=O) groups excluding carboxylic acids is 3. The van der Waals surface area contributed by atoms with E-state index in [-0.39, 0.29) is 23.9 Å². The van der Waals surface area contributed by atoms with Crippen LogP contribution in [-0.2, 0) is 9.59 Å². The average molecular weight is 332 g/mol. The predicted octanol–water partition coefficient (Wildman–Crippen LogP) is 1.75. The van der Waals surface area contributed by atoms with Crippen LogP contribution < -0.4 is 10.2 Å². The predicted molar refractivity (Wildman–Crippen MR) is 93.0 cm³/mol. The normalized spacial score (nSPS) is 17.4. The molecule has 0 saturated carbocycles. The van der Waals surface area contributed by atoms with Crippen LogP contribution in [-0.4, -0.2) is 60.4 Å². The van der Waals surface area contributed by atoms with E-state index in [9.17, 15) is 14.4 Å². The molecule has 0 bridgehead atoms. The third-order valence-electron chi connectivity index (χ3n) is 4.29. The summed E-state index contributed by atoms with van der Waals surface area (Å²) in [6.07, 6.45) is 0. The first-order valence-corrected chi connectivity index (χ1v) is 7.97. The third-order valence-corrected chi connectivity index (χ3v) is 4.29. The SMILES string of the molecule is CC(=O)N1CCN(C(=O)Nc2cccc(N(C)C(C)=O)c2)C(C)C1. The zero-order valence-electron chi connectivity index (χ0n) is 14.6. The minimum atomic E-state index is -0.201. The molecular weight excluding hydrogens is 308 g/mol. The van der Waals surface area contributed by atoms with E-state index in [1.54, 1.807) is 42.0 Å².